The van der Waals surface area contributed by atoms with Crippen LogP contribution in [0.4, 0.5) is 10.6 Å². The zero-order chi connectivity index (χ0) is 28.2. The number of aromatic nitrogens is 2. The van der Waals surface area contributed by atoms with E-state index in [4.69, 9.17) is 11.5 Å². The summed E-state index contributed by atoms with van der Waals surface area (Å²) in [6.07, 6.45) is 4.53. The van der Waals surface area contributed by atoms with Gasteiger partial charge in [-0.15, -0.1) is 12.4 Å². The molecule has 0 spiro atoms. The van der Waals surface area contributed by atoms with Gasteiger partial charge in [-0.25, -0.2) is 9.59 Å². The molecule has 220 valence electrons. The van der Waals surface area contributed by atoms with Crippen molar-refractivity contribution in [3.8, 4) is 5.69 Å². The second-order valence-corrected chi connectivity index (χ2v) is 11.2. The van der Waals surface area contributed by atoms with Gasteiger partial charge in [-0.3, -0.25) is 14.7 Å². The number of nitrogens with two attached hydrogens (primary N) is 2. The van der Waals surface area contributed by atoms with Gasteiger partial charge in [0.2, 0.25) is 5.91 Å². The molecule has 2 aliphatic heterocycles. The zero-order valence-corrected chi connectivity index (χ0v) is 24.0. The number of aliphatic hydroxyl groups excluding tert-OH is 1. The number of rotatable bonds is 7. The molecule has 4 rings (SSSR count). The van der Waals surface area contributed by atoms with E-state index in [1.165, 1.54) is 22.0 Å². The molecule has 1 aromatic heterocycles. The van der Waals surface area contributed by atoms with Gasteiger partial charge in [0.05, 0.1) is 12.3 Å². The minimum atomic E-state index is -1.35. The zero-order valence-electron chi connectivity index (χ0n) is 23.2. The predicted molar refractivity (Wildman–Crippen MR) is 156 cm³/mol. The van der Waals surface area contributed by atoms with Gasteiger partial charge in [0, 0.05) is 44.5 Å². The van der Waals surface area contributed by atoms with Gasteiger partial charge in [-0.05, 0) is 70.0 Å². The van der Waals surface area contributed by atoms with E-state index in [1.54, 1.807) is 17.2 Å². The minimum absolute atomic E-state index is 0. The summed E-state index contributed by atoms with van der Waals surface area (Å²) < 4.78 is 1.43. The van der Waals surface area contributed by atoms with Crippen LogP contribution in [-0.4, -0.2) is 105 Å². The smallest absolute Gasteiger partial charge is 0.354 e. The van der Waals surface area contributed by atoms with Gasteiger partial charge in [-0.1, -0.05) is 12.1 Å². The summed E-state index contributed by atoms with van der Waals surface area (Å²) >= 11 is 0. The highest BCUT2D eigenvalue weighted by molar-refractivity contribution is 5.89. The molecule has 2 saturated heterocycles. The predicted octanol–water partition coefficient (Wildman–Crippen LogP) is 0.396. The molecule has 1 atom stereocenters. The summed E-state index contributed by atoms with van der Waals surface area (Å²) in [5.74, 6) is -0.202. The van der Waals surface area contributed by atoms with E-state index < -0.39 is 23.9 Å². The maximum absolute atomic E-state index is 12.7. The molecule has 6 N–H and O–H groups in total. The maximum Gasteiger partial charge on any atom is 0.354 e. The lowest BCUT2D eigenvalue weighted by molar-refractivity contribution is -0.139. The van der Waals surface area contributed by atoms with Crippen molar-refractivity contribution in [2.75, 3.05) is 57.7 Å². The molecule has 40 heavy (non-hydrogen) atoms. The van der Waals surface area contributed by atoms with Crippen LogP contribution >= 0.6 is 12.4 Å². The number of nitrogens with one attached hydrogen (secondary N) is 1. The van der Waals surface area contributed by atoms with E-state index in [1.807, 2.05) is 24.3 Å². The van der Waals surface area contributed by atoms with Crippen LogP contribution in [0.3, 0.4) is 0 Å². The van der Waals surface area contributed by atoms with Crippen molar-refractivity contribution in [3.63, 3.8) is 0 Å². The molecule has 2 fully saturated rings. The second-order valence-electron chi connectivity index (χ2n) is 11.2. The molecule has 3 heterocycles. The van der Waals surface area contributed by atoms with Crippen molar-refractivity contribution in [1.82, 2.24) is 24.3 Å². The lowest BCUT2D eigenvalue weighted by Gasteiger charge is -2.37. The molecule has 1 unspecified atom stereocenters. The average molecular weight is 577 g/mol. The first-order valence-electron chi connectivity index (χ1n) is 13.4. The molecule has 1 aromatic carbocycles. The van der Waals surface area contributed by atoms with Crippen molar-refractivity contribution in [3.05, 3.63) is 52.6 Å². The Kier molecular flexibility index (Phi) is 10.3. The Balaban J connectivity index is 0.00000441. The molecule has 2 aromatic rings. The Bertz CT molecular complexity index is 1220. The number of urea groups is 1. The fraction of sp³-hybridized carbons (Fsp3) is 0.556. The number of piperazine rings is 1. The summed E-state index contributed by atoms with van der Waals surface area (Å²) in [4.78, 5) is 47.4. The van der Waals surface area contributed by atoms with E-state index in [0.29, 0.717) is 31.9 Å². The monoisotopic (exact) mass is 576 g/mol. The number of aliphatic hydroxyl groups is 1. The number of hydrogen-bond acceptors (Lipinski definition) is 8. The lowest BCUT2D eigenvalue weighted by Crippen LogP contribution is -2.60. The summed E-state index contributed by atoms with van der Waals surface area (Å²) in [5, 5.41) is 12.0. The van der Waals surface area contributed by atoms with Crippen molar-refractivity contribution in [2.45, 2.75) is 44.2 Å². The standard InChI is InChI=1S/C27H40N8O4.ClH/c1-26(28)9-13-32(14-10-26)11-7-20-3-5-21(6-4-20)35-12-8-22(31-25(35)39)30-24(38)34-17-15-33(16-18-34)23(37)27(2,29)19-36;/h3-6,8,12,36H,7,9-11,13-19,28-29H2,1-2H3,(H,30,31,38,39);1H. The minimum Gasteiger partial charge on any atom is -0.394 e. The normalized spacial score (nSPS) is 18.9. The number of piperidine rings is 1. The van der Waals surface area contributed by atoms with Crippen molar-refractivity contribution >= 4 is 30.2 Å². The second kappa shape index (κ2) is 13.1. The number of nitrogens with zero attached hydrogens (tertiary/aromatic N) is 5. The number of benzene rings is 1. The van der Waals surface area contributed by atoms with Gasteiger partial charge in [-0.2, -0.15) is 4.98 Å². The number of anilines is 1. The summed E-state index contributed by atoms with van der Waals surface area (Å²) in [6.45, 7) is 7.35. The number of carbonyl (C=O) groups excluding carboxylic acids is 2. The summed E-state index contributed by atoms with van der Waals surface area (Å²) in [7, 11) is 0. The topological polar surface area (TPSA) is 163 Å². The number of amides is 3. The molecule has 0 radical (unpaired) electrons. The Morgan fingerprint density at radius 2 is 1.65 bits per heavy atom. The Morgan fingerprint density at radius 3 is 2.23 bits per heavy atom. The molecule has 3 amide bonds. The number of likely N-dealkylation sites (tertiary alicyclic amines) is 1. The summed E-state index contributed by atoms with van der Waals surface area (Å²) in [5.41, 5.74) is 12.0. The maximum atomic E-state index is 12.7. The molecule has 0 aliphatic carbocycles. The van der Waals surface area contributed by atoms with Crippen LogP contribution in [0.2, 0.25) is 0 Å². The largest absolute Gasteiger partial charge is 0.394 e. The van der Waals surface area contributed by atoms with Crippen LogP contribution in [0.15, 0.2) is 41.3 Å². The number of hydrogen-bond donors (Lipinski definition) is 4. The molecule has 2 aliphatic rings. The fourth-order valence-electron chi connectivity index (χ4n) is 4.80. The van der Waals surface area contributed by atoms with Gasteiger partial charge in [0.15, 0.2) is 0 Å². The fourth-order valence-corrected chi connectivity index (χ4v) is 4.80. The molecule has 12 nitrogen and oxygen atoms in total. The van der Waals surface area contributed by atoms with Gasteiger partial charge in [0.1, 0.15) is 11.4 Å². The van der Waals surface area contributed by atoms with Gasteiger partial charge >= 0.3 is 11.7 Å². The van der Waals surface area contributed by atoms with Crippen LogP contribution in [0.25, 0.3) is 5.69 Å². The first-order chi connectivity index (χ1) is 18.5. The van der Waals surface area contributed by atoms with Crippen molar-refractivity contribution in [2.24, 2.45) is 11.5 Å². The Labute approximate surface area is 240 Å². The molecular formula is C27H41ClN8O4. The highest BCUT2D eigenvalue weighted by Gasteiger charge is 2.34. The quantitative estimate of drug-likeness (QED) is 0.368. The summed E-state index contributed by atoms with van der Waals surface area (Å²) in [6, 6.07) is 9.01. The first-order valence-corrected chi connectivity index (χ1v) is 13.4. The molecular weight excluding hydrogens is 536 g/mol. The number of carbonyl (C=O) groups is 2. The third kappa shape index (κ3) is 7.79. The molecule has 13 heteroatoms. The highest BCUT2D eigenvalue weighted by Crippen LogP contribution is 2.19. The van der Waals surface area contributed by atoms with Crippen LogP contribution in [-0.2, 0) is 11.2 Å². The van der Waals surface area contributed by atoms with E-state index >= 15 is 0 Å². The lowest BCUT2D eigenvalue weighted by atomic mass is 9.91. The third-order valence-corrected chi connectivity index (χ3v) is 7.64. The third-order valence-electron chi connectivity index (χ3n) is 7.64. The Morgan fingerprint density at radius 1 is 1.05 bits per heavy atom. The van der Waals surface area contributed by atoms with E-state index in [2.05, 4.69) is 22.1 Å². The van der Waals surface area contributed by atoms with Gasteiger partial charge in [0.25, 0.3) is 0 Å². The van der Waals surface area contributed by atoms with Crippen LogP contribution in [0.5, 0.6) is 0 Å². The average Bonchev–Trinajstić information content (AvgIpc) is 2.92. The molecule has 0 saturated carbocycles. The number of halogens is 1. The van der Waals surface area contributed by atoms with Gasteiger partial charge < -0.3 is 31.3 Å². The first kappa shape index (κ1) is 31.5. The van der Waals surface area contributed by atoms with E-state index in [0.717, 1.165) is 38.9 Å². The van der Waals surface area contributed by atoms with Crippen LogP contribution in [0, 0.1) is 0 Å². The van der Waals surface area contributed by atoms with E-state index in [9.17, 15) is 19.5 Å². The Hall–Kier alpha value is -3.03. The van der Waals surface area contributed by atoms with Crippen molar-refractivity contribution < 1.29 is 14.7 Å². The van der Waals surface area contributed by atoms with E-state index in [-0.39, 0.29) is 29.7 Å². The highest BCUT2D eigenvalue weighted by atomic mass is 35.5. The molecule has 0 bridgehead atoms. The van der Waals surface area contributed by atoms with Crippen LogP contribution in [0.1, 0.15) is 32.3 Å². The van der Waals surface area contributed by atoms with Crippen LogP contribution < -0.4 is 22.5 Å². The van der Waals surface area contributed by atoms with Crippen molar-refractivity contribution in [1.29, 1.82) is 0 Å². The SMILES string of the molecule is CC1(N)CCN(CCc2ccc(-n3ccc(NC(=O)N4CCN(C(=O)C(C)(N)CO)CC4)nc3=O)cc2)CC1.Cl.